The Balaban J connectivity index is 1.53. The number of anilines is 2. The number of hydrogen-bond acceptors (Lipinski definition) is 3. The van der Waals surface area contributed by atoms with E-state index in [0.29, 0.717) is 12.1 Å². The van der Waals surface area contributed by atoms with Crippen LogP contribution in [0.1, 0.15) is 16.7 Å². The number of nitrogens with zero attached hydrogens (tertiary/aromatic N) is 1. The highest BCUT2D eigenvalue weighted by molar-refractivity contribution is 7.89. The molecule has 0 unspecified atom stereocenters. The van der Waals surface area contributed by atoms with Gasteiger partial charge in [0.2, 0.25) is 10.0 Å². The van der Waals surface area contributed by atoms with Gasteiger partial charge in [-0.25, -0.2) is 22.0 Å². The number of fused-ring (bicyclic) bond motifs is 1. The van der Waals surface area contributed by atoms with Crippen LogP contribution in [0.2, 0.25) is 0 Å². The quantitative estimate of drug-likeness (QED) is 0.598. The molecule has 2 N–H and O–H groups in total. The van der Waals surface area contributed by atoms with Crippen molar-refractivity contribution in [2.45, 2.75) is 24.8 Å². The van der Waals surface area contributed by atoms with E-state index in [1.807, 2.05) is 0 Å². The molecule has 0 atom stereocenters. The minimum absolute atomic E-state index is 0.0402. The van der Waals surface area contributed by atoms with Crippen LogP contribution < -0.4 is 10.6 Å². The normalized spacial score (nSPS) is 14.0. The second-order valence-electron chi connectivity index (χ2n) is 7.50. The molecule has 0 saturated heterocycles. The lowest BCUT2D eigenvalue weighted by atomic mass is 9.99. The minimum atomic E-state index is -3.80. The Kier molecular flexibility index (Phi) is 5.94. The number of nitrogens with one attached hydrogen (secondary N) is 2. The van der Waals surface area contributed by atoms with Gasteiger partial charge >= 0.3 is 6.03 Å². The number of sulfonamides is 1. The van der Waals surface area contributed by atoms with Gasteiger partial charge in [0.05, 0.1) is 10.6 Å². The van der Waals surface area contributed by atoms with Gasteiger partial charge in [0.15, 0.2) is 0 Å². The molecule has 32 heavy (non-hydrogen) atoms. The lowest BCUT2D eigenvalue weighted by Gasteiger charge is -2.29. The number of para-hydroxylation sites is 1. The van der Waals surface area contributed by atoms with Crippen LogP contribution in [0.3, 0.4) is 0 Å². The average Bonchev–Trinajstić information content (AvgIpc) is 2.77. The Bertz CT molecular complexity index is 1300. The van der Waals surface area contributed by atoms with Gasteiger partial charge in [0, 0.05) is 18.8 Å². The summed E-state index contributed by atoms with van der Waals surface area (Å²) in [4.78, 5) is 12.4. The first-order valence-electron chi connectivity index (χ1n) is 9.95. The van der Waals surface area contributed by atoms with Crippen molar-refractivity contribution < 1.29 is 22.0 Å². The lowest BCUT2D eigenvalue weighted by Crippen LogP contribution is -2.36. The summed E-state index contributed by atoms with van der Waals surface area (Å²) in [5.41, 5.74) is 2.42. The topological polar surface area (TPSA) is 78.5 Å². The zero-order valence-corrected chi connectivity index (χ0v) is 18.0. The van der Waals surface area contributed by atoms with E-state index in [1.54, 1.807) is 24.3 Å². The number of urea groups is 1. The summed E-state index contributed by atoms with van der Waals surface area (Å²) >= 11 is 0. The third-order valence-corrected chi connectivity index (χ3v) is 7.21. The highest BCUT2D eigenvalue weighted by Crippen LogP contribution is 2.30. The highest BCUT2D eigenvalue weighted by Gasteiger charge is 2.29. The SMILES string of the molecule is Cc1cc(S(=O)(=O)N2CCc3c(cccc3NC(=O)Nc3ccccc3F)C2)ccc1F. The van der Waals surface area contributed by atoms with Crippen LogP contribution in [0.5, 0.6) is 0 Å². The van der Waals surface area contributed by atoms with Crippen molar-refractivity contribution in [1.29, 1.82) is 0 Å². The van der Waals surface area contributed by atoms with Gasteiger partial charge in [-0.1, -0.05) is 24.3 Å². The minimum Gasteiger partial charge on any atom is -0.307 e. The van der Waals surface area contributed by atoms with Crippen molar-refractivity contribution in [3.63, 3.8) is 0 Å². The standard InChI is InChI=1S/C23H21F2N3O3S/c1-15-13-17(9-10-19(15)24)32(30,31)28-12-11-18-16(14-28)5-4-8-21(18)26-23(29)27-22-7-3-2-6-20(22)25/h2-10,13H,11-12,14H2,1H3,(H2,26,27,29). The molecule has 1 aliphatic rings. The van der Waals surface area contributed by atoms with Crippen LogP contribution in [-0.4, -0.2) is 25.3 Å². The van der Waals surface area contributed by atoms with E-state index in [0.717, 1.165) is 17.2 Å². The van der Waals surface area contributed by atoms with Gasteiger partial charge in [-0.15, -0.1) is 0 Å². The summed E-state index contributed by atoms with van der Waals surface area (Å²) < 4.78 is 54.8. The predicted molar refractivity (Wildman–Crippen MR) is 118 cm³/mol. The summed E-state index contributed by atoms with van der Waals surface area (Å²) in [6, 6.07) is 14.2. The number of amides is 2. The van der Waals surface area contributed by atoms with Gasteiger partial charge in [0.1, 0.15) is 11.6 Å². The zero-order chi connectivity index (χ0) is 22.9. The number of benzene rings is 3. The molecule has 2 amide bonds. The molecule has 3 aromatic carbocycles. The number of halogens is 2. The number of carbonyl (C=O) groups is 1. The van der Waals surface area contributed by atoms with Crippen molar-refractivity contribution in [2.75, 3.05) is 17.2 Å². The Morgan fingerprint density at radius 1 is 0.938 bits per heavy atom. The van der Waals surface area contributed by atoms with Crippen LogP contribution >= 0.6 is 0 Å². The highest BCUT2D eigenvalue weighted by atomic mass is 32.2. The molecular formula is C23H21F2N3O3S. The molecule has 166 valence electrons. The molecule has 0 fully saturated rings. The van der Waals surface area contributed by atoms with E-state index in [4.69, 9.17) is 0 Å². The fourth-order valence-corrected chi connectivity index (χ4v) is 5.18. The second kappa shape index (κ2) is 8.68. The Hall–Kier alpha value is -3.30. The molecule has 9 heteroatoms. The third kappa shape index (κ3) is 4.35. The summed E-state index contributed by atoms with van der Waals surface area (Å²) in [7, 11) is -3.80. The maximum Gasteiger partial charge on any atom is 0.323 e. The molecule has 0 saturated carbocycles. The van der Waals surface area contributed by atoms with Crippen LogP contribution in [-0.2, 0) is 23.0 Å². The molecule has 4 rings (SSSR count). The Morgan fingerprint density at radius 2 is 1.66 bits per heavy atom. The van der Waals surface area contributed by atoms with Crippen molar-refractivity contribution in [3.05, 3.63) is 89.0 Å². The molecule has 1 aliphatic heterocycles. The average molecular weight is 458 g/mol. The van der Waals surface area contributed by atoms with Gasteiger partial charge in [-0.3, -0.25) is 0 Å². The fraction of sp³-hybridized carbons (Fsp3) is 0.174. The molecule has 0 bridgehead atoms. The summed E-state index contributed by atoms with van der Waals surface area (Å²) in [5.74, 6) is -1.01. The molecule has 0 aliphatic carbocycles. The number of rotatable bonds is 4. The van der Waals surface area contributed by atoms with Crippen LogP contribution in [0.4, 0.5) is 25.0 Å². The van der Waals surface area contributed by atoms with E-state index >= 15 is 0 Å². The number of aryl methyl sites for hydroxylation is 1. The van der Waals surface area contributed by atoms with Gasteiger partial charge in [-0.05, 0) is 66.4 Å². The van der Waals surface area contributed by atoms with E-state index in [9.17, 15) is 22.0 Å². The van der Waals surface area contributed by atoms with Gasteiger partial charge < -0.3 is 10.6 Å². The maximum atomic E-state index is 13.8. The summed E-state index contributed by atoms with van der Waals surface area (Å²) in [6.45, 7) is 1.85. The van der Waals surface area contributed by atoms with Gasteiger partial charge in [-0.2, -0.15) is 4.31 Å². The van der Waals surface area contributed by atoms with Crippen molar-refractivity contribution >= 4 is 27.4 Å². The first-order chi connectivity index (χ1) is 15.3. The smallest absolute Gasteiger partial charge is 0.307 e. The molecule has 0 aromatic heterocycles. The Morgan fingerprint density at radius 3 is 2.41 bits per heavy atom. The second-order valence-corrected chi connectivity index (χ2v) is 9.44. The molecular weight excluding hydrogens is 436 g/mol. The first-order valence-corrected chi connectivity index (χ1v) is 11.4. The number of hydrogen-bond donors (Lipinski definition) is 2. The Labute approximate surface area is 184 Å². The van der Waals surface area contributed by atoms with Crippen LogP contribution in [0.25, 0.3) is 0 Å². The maximum absolute atomic E-state index is 13.8. The summed E-state index contributed by atoms with van der Waals surface area (Å²) in [6.07, 6.45) is 0.380. The fourth-order valence-electron chi connectivity index (χ4n) is 3.67. The van der Waals surface area contributed by atoms with Gasteiger partial charge in [0.25, 0.3) is 0 Å². The predicted octanol–water partition coefficient (Wildman–Crippen LogP) is 4.66. The molecule has 0 spiro atoms. The zero-order valence-electron chi connectivity index (χ0n) is 17.2. The molecule has 0 radical (unpaired) electrons. The molecule has 1 heterocycles. The van der Waals surface area contributed by atoms with Crippen LogP contribution in [0.15, 0.2) is 65.6 Å². The molecule has 6 nitrogen and oxygen atoms in total. The van der Waals surface area contributed by atoms with Crippen LogP contribution in [0, 0.1) is 18.6 Å². The van der Waals surface area contributed by atoms with E-state index < -0.39 is 27.7 Å². The largest absolute Gasteiger partial charge is 0.323 e. The van der Waals surface area contributed by atoms with Crippen molar-refractivity contribution in [2.24, 2.45) is 0 Å². The number of carbonyl (C=O) groups excluding carboxylic acids is 1. The molecule has 3 aromatic rings. The monoisotopic (exact) mass is 457 g/mol. The van der Waals surface area contributed by atoms with E-state index in [-0.39, 0.29) is 29.2 Å². The van der Waals surface area contributed by atoms with E-state index in [2.05, 4.69) is 10.6 Å². The van der Waals surface area contributed by atoms with Crippen molar-refractivity contribution in [1.82, 2.24) is 4.31 Å². The summed E-state index contributed by atoms with van der Waals surface area (Å²) in [5, 5.41) is 5.19. The first kappa shape index (κ1) is 21.9. The van der Waals surface area contributed by atoms with Crippen molar-refractivity contribution in [3.8, 4) is 0 Å². The van der Waals surface area contributed by atoms with E-state index in [1.165, 1.54) is 41.6 Å². The lowest BCUT2D eigenvalue weighted by molar-refractivity contribution is 0.262. The third-order valence-electron chi connectivity index (χ3n) is 5.37.